The van der Waals surface area contributed by atoms with E-state index in [0.717, 1.165) is 35.0 Å². The number of hydrogen-bond donors (Lipinski definition) is 2. The molecule has 32 heavy (non-hydrogen) atoms. The topological polar surface area (TPSA) is 109 Å². The Kier molecular flexibility index (Phi) is 7.14. The van der Waals surface area contributed by atoms with E-state index in [-0.39, 0.29) is 24.8 Å². The summed E-state index contributed by atoms with van der Waals surface area (Å²) in [5.41, 5.74) is 10.0. The summed E-state index contributed by atoms with van der Waals surface area (Å²) in [4.78, 5) is 21.0. The van der Waals surface area contributed by atoms with Crippen LogP contribution >= 0.6 is 0 Å². The molecule has 0 spiro atoms. The molecule has 3 heterocycles. The highest BCUT2D eigenvalue weighted by atomic mass is 16.5. The van der Waals surface area contributed by atoms with E-state index in [1.165, 1.54) is 0 Å². The number of rotatable bonds is 7. The first-order valence-corrected chi connectivity index (χ1v) is 10.8. The Morgan fingerprint density at radius 3 is 2.81 bits per heavy atom. The second-order valence-corrected chi connectivity index (χ2v) is 7.91. The third-order valence-corrected chi connectivity index (χ3v) is 5.63. The molecule has 2 aromatic heterocycles. The van der Waals surface area contributed by atoms with Crippen LogP contribution in [-0.4, -0.2) is 48.0 Å². The van der Waals surface area contributed by atoms with Crippen molar-refractivity contribution in [2.75, 3.05) is 13.7 Å². The molecule has 1 aliphatic rings. The fourth-order valence-corrected chi connectivity index (χ4v) is 3.88. The van der Waals surface area contributed by atoms with Crippen molar-refractivity contribution in [3.63, 3.8) is 0 Å². The van der Waals surface area contributed by atoms with Crippen LogP contribution < -0.4 is 15.8 Å². The number of pyridine rings is 2. The van der Waals surface area contributed by atoms with Gasteiger partial charge in [0.25, 0.3) is 0 Å². The van der Waals surface area contributed by atoms with Crippen molar-refractivity contribution in [1.82, 2.24) is 15.3 Å². The molecular weight excluding hydrogens is 408 g/mol. The number of nitrogens with one attached hydrogen (secondary N) is 1. The van der Waals surface area contributed by atoms with Crippen LogP contribution in [0.3, 0.4) is 0 Å². The highest BCUT2D eigenvalue weighted by molar-refractivity contribution is 5.78. The van der Waals surface area contributed by atoms with Crippen molar-refractivity contribution in [1.29, 1.82) is 0 Å². The van der Waals surface area contributed by atoms with Gasteiger partial charge in [0.05, 0.1) is 36.9 Å². The standard InChI is InChI=1S/C24H28N4O4/c1-30-22-10-8-20-23(28-22)17(11-12-26-20)13-19(25)21-9-7-18(15-31-21)27-24(29)32-14-16-5-3-2-4-6-16/h2-6,8,10-12,18-19,21H,7,9,13-15,25H2,1H3,(H,27,29)/t18?,19-,21?/m0/s1. The minimum atomic E-state index is -0.437. The van der Waals surface area contributed by atoms with Crippen LogP contribution in [0.1, 0.15) is 24.0 Å². The van der Waals surface area contributed by atoms with Gasteiger partial charge in [0.1, 0.15) is 6.61 Å². The lowest BCUT2D eigenvalue weighted by Crippen LogP contribution is -2.48. The highest BCUT2D eigenvalue weighted by Crippen LogP contribution is 2.22. The van der Waals surface area contributed by atoms with E-state index in [0.29, 0.717) is 18.9 Å². The number of benzene rings is 1. The lowest BCUT2D eigenvalue weighted by Gasteiger charge is -2.32. The van der Waals surface area contributed by atoms with E-state index in [2.05, 4.69) is 15.3 Å². The van der Waals surface area contributed by atoms with E-state index in [1.54, 1.807) is 19.4 Å². The quantitative estimate of drug-likeness (QED) is 0.586. The molecule has 2 unspecified atom stereocenters. The molecule has 168 valence electrons. The minimum Gasteiger partial charge on any atom is -0.481 e. The lowest BCUT2D eigenvalue weighted by atomic mass is 9.95. The summed E-state index contributed by atoms with van der Waals surface area (Å²) in [5.74, 6) is 0.544. The van der Waals surface area contributed by atoms with Gasteiger partial charge in [-0.05, 0) is 42.5 Å². The van der Waals surface area contributed by atoms with Crippen LogP contribution in [0.4, 0.5) is 4.79 Å². The second-order valence-electron chi connectivity index (χ2n) is 7.91. The van der Waals surface area contributed by atoms with Crippen molar-refractivity contribution in [2.45, 2.75) is 44.1 Å². The van der Waals surface area contributed by atoms with Gasteiger partial charge in [0.2, 0.25) is 5.88 Å². The monoisotopic (exact) mass is 436 g/mol. The summed E-state index contributed by atoms with van der Waals surface area (Å²) in [6.07, 6.45) is 3.38. The Bertz CT molecular complexity index is 1040. The van der Waals surface area contributed by atoms with E-state index in [4.69, 9.17) is 19.9 Å². The number of alkyl carbamates (subject to hydrolysis) is 1. The first kappa shape index (κ1) is 22.0. The van der Waals surface area contributed by atoms with Crippen molar-refractivity contribution in [3.05, 3.63) is 65.9 Å². The third-order valence-electron chi connectivity index (χ3n) is 5.63. The number of nitrogens with two attached hydrogens (primary N) is 1. The number of carbonyl (C=O) groups is 1. The van der Waals surface area contributed by atoms with Crippen molar-refractivity contribution < 1.29 is 19.0 Å². The summed E-state index contributed by atoms with van der Waals surface area (Å²) < 4.78 is 16.5. The van der Waals surface area contributed by atoms with E-state index >= 15 is 0 Å². The molecule has 0 radical (unpaired) electrons. The second kappa shape index (κ2) is 10.4. The molecular formula is C24H28N4O4. The number of ether oxygens (including phenoxy) is 3. The summed E-state index contributed by atoms with van der Waals surface area (Å²) >= 11 is 0. The fraction of sp³-hybridized carbons (Fsp3) is 0.375. The van der Waals surface area contributed by atoms with Crippen LogP contribution in [0, 0.1) is 0 Å². The van der Waals surface area contributed by atoms with Gasteiger partial charge in [0.15, 0.2) is 0 Å². The normalized spacial score (nSPS) is 19.3. The summed E-state index contributed by atoms with van der Waals surface area (Å²) in [5, 5.41) is 2.88. The number of aromatic nitrogens is 2. The maximum atomic E-state index is 12.1. The number of amides is 1. The zero-order chi connectivity index (χ0) is 22.3. The Morgan fingerprint density at radius 2 is 2.06 bits per heavy atom. The average Bonchev–Trinajstić information content (AvgIpc) is 2.84. The van der Waals surface area contributed by atoms with Gasteiger partial charge in [-0.1, -0.05) is 30.3 Å². The zero-order valence-electron chi connectivity index (χ0n) is 18.1. The molecule has 1 aromatic carbocycles. The summed E-state index contributed by atoms with van der Waals surface area (Å²) in [7, 11) is 1.59. The van der Waals surface area contributed by atoms with Crippen LogP contribution in [0.25, 0.3) is 11.0 Å². The summed E-state index contributed by atoms with van der Waals surface area (Å²) in [6, 6.07) is 14.9. The van der Waals surface area contributed by atoms with Crippen molar-refractivity contribution in [3.8, 4) is 5.88 Å². The predicted molar refractivity (Wildman–Crippen MR) is 120 cm³/mol. The molecule has 3 atom stereocenters. The van der Waals surface area contributed by atoms with Crippen LogP contribution in [0.2, 0.25) is 0 Å². The molecule has 4 rings (SSSR count). The highest BCUT2D eigenvalue weighted by Gasteiger charge is 2.28. The van der Waals surface area contributed by atoms with Crippen LogP contribution in [0.15, 0.2) is 54.7 Å². The van der Waals surface area contributed by atoms with E-state index < -0.39 is 6.09 Å². The van der Waals surface area contributed by atoms with Crippen molar-refractivity contribution >= 4 is 17.1 Å². The Hall–Kier alpha value is -3.23. The molecule has 0 saturated carbocycles. The average molecular weight is 437 g/mol. The van der Waals surface area contributed by atoms with E-state index in [9.17, 15) is 4.79 Å². The largest absolute Gasteiger partial charge is 0.481 e. The van der Waals surface area contributed by atoms with Gasteiger partial charge < -0.3 is 25.3 Å². The van der Waals surface area contributed by atoms with Gasteiger partial charge in [-0.25, -0.2) is 9.78 Å². The maximum Gasteiger partial charge on any atom is 0.407 e. The molecule has 0 bridgehead atoms. The first-order valence-electron chi connectivity index (χ1n) is 10.8. The minimum absolute atomic E-state index is 0.0885. The molecule has 1 aliphatic heterocycles. The molecule has 1 amide bonds. The number of fused-ring (bicyclic) bond motifs is 1. The predicted octanol–water partition coefficient (Wildman–Crippen LogP) is 2.98. The van der Waals surface area contributed by atoms with Gasteiger partial charge in [-0.15, -0.1) is 0 Å². The van der Waals surface area contributed by atoms with E-state index in [1.807, 2.05) is 42.5 Å². The van der Waals surface area contributed by atoms with Gasteiger partial charge in [-0.2, -0.15) is 0 Å². The fourth-order valence-electron chi connectivity index (χ4n) is 3.88. The number of hydrogen-bond acceptors (Lipinski definition) is 7. The molecule has 8 heteroatoms. The molecule has 1 saturated heterocycles. The number of methoxy groups -OCH3 is 1. The molecule has 3 N–H and O–H groups in total. The summed E-state index contributed by atoms with van der Waals surface area (Å²) in [6.45, 7) is 0.647. The molecule has 0 aliphatic carbocycles. The smallest absolute Gasteiger partial charge is 0.407 e. The SMILES string of the molecule is COc1ccc2nccc(C[C@H](N)C3CCC(NC(=O)OCc4ccccc4)CO3)c2n1. The number of nitrogens with zero attached hydrogens (tertiary/aromatic N) is 2. The Balaban J connectivity index is 1.27. The van der Waals surface area contributed by atoms with Gasteiger partial charge in [0, 0.05) is 18.3 Å². The maximum absolute atomic E-state index is 12.1. The molecule has 3 aromatic rings. The third kappa shape index (κ3) is 5.52. The number of carbonyl (C=O) groups excluding carboxylic acids is 1. The van der Waals surface area contributed by atoms with Crippen molar-refractivity contribution in [2.24, 2.45) is 5.73 Å². The molecule has 8 nitrogen and oxygen atoms in total. The van der Waals surface area contributed by atoms with Gasteiger partial charge in [-0.3, -0.25) is 4.98 Å². The van der Waals surface area contributed by atoms with Crippen LogP contribution in [-0.2, 0) is 22.5 Å². The zero-order valence-corrected chi connectivity index (χ0v) is 18.1. The van der Waals surface area contributed by atoms with Crippen LogP contribution in [0.5, 0.6) is 5.88 Å². The van der Waals surface area contributed by atoms with Gasteiger partial charge >= 0.3 is 6.09 Å². The lowest BCUT2D eigenvalue weighted by molar-refractivity contribution is -0.0164. The Morgan fingerprint density at radius 1 is 1.22 bits per heavy atom. The Labute approximate surface area is 187 Å². The first-order chi connectivity index (χ1) is 15.6. The molecule has 1 fully saturated rings.